The number of carboxylic acids is 1. The number of amides is 2. The van der Waals surface area contributed by atoms with Gasteiger partial charge in [-0.1, -0.05) is 0 Å². The lowest BCUT2D eigenvalue weighted by atomic mass is 10.2. The van der Waals surface area contributed by atoms with Gasteiger partial charge in [0.15, 0.2) is 0 Å². The maximum Gasteiger partial charge on any atom is 0.338 e. The largest absolute Gasteiger partial charge is 0.478 e. The molecule has 0 aromatic carbocycles. The van der Waals surface area contributed by atoms with E-state index in [-0.39, 0.29) is 17.7 Å². The summed E-state index contributed by atoms with van der Waals surface area (Å²) < 4.78 is 5.33. The number of carbonyl (C=O) groups excluding carboxylic acids is 1. The van der Waals surface area contributed by atoms with Crippen LogP contribution >= 0.6 is 11.3 Å². The van der Waals surface area contributed by atoms with Crippen LogP contribution in [0.25, 0.3) is 0 Å². The Bertz CT molecular complexity index is 460. The highest BCUT2D eigenvalue weighted by Crippen LogP contribution is 2.23. The molecule has 0 aliphatic carbocycles. The molecule has 0 saturated carbocycles. The van der Waals surface area contributed by atoms with E-state index < -0.39 is 12.0 Å². The molecule has 7 heteroatoms. The molecule has 1 aliphatic rings. The summed E-state index contributed by atoms with van der Waals surface area (Å²) in [7, 11) is 0. The maximum atomic E-state index is 11.7. The van der Waals surface area contributed by atoms with Crippen molar-refractivity contribution in [3.8, 4) is 0 Å². The first-order valence-corrected chi connectivity index (χ1v) is 6.46. The fourth-order valence-electron chi connectivity index (χ4n) is 1.80. The predicted molar refractivity (Wildman–Crippen MR) is 67.3 cm³/mol. The van der Waals surface area contributed by atoms with E-state index in [0.29, 0.717) is 11.6 Å². The van der Waals surface area contributed by atoms with E-state index in [1.807, 2.05) is 6.92 Å². The number of nitrogens with one attached hydrogen (secondary N) is 2. The first-order valence-electron chi connectivity index (χ1n) is 5.58. The van der Waals surface area contributed by atoms with Crippen LogP contribution < -0.4 is 10.6 Å². The van der Waals surface area contributed by atoms with Gasteiger partial charge in [-0.2, -0.15) is 0 Å². The Kier molecular flexibility index (Phi) is 3.83. The molecule has 3 N–H and O–H groups in total. The van der Waals surface area contributed by atoms with Crippen molar-refractivity contribution in [2.45, 2.75) is 25.5 Å². The summed E-state index contributed by atoms with van der Waals surface area (Å²) in [4.78, 5) is 22.6. The topological polar surface area (TPSA) is 87.7 Å². The Morgan fingerprint density at radius 1 is 1.56 bits per heavy atom. The van der Waals surface area contributed by atoms with Gasteiger partial charge in [0.05, 0.1) is 17.7 Å². The first kappa shape index (κ1) is 12.8. The number of anilines is 1. The molecule has 2 amide bonds. The van der Waals surface area contributed by atoms with E-state index in [0.717, 1.165) is 6.42 Å². The van der Waals surface area contributed by atoms with Crippen molar-refractivity contribution >= 4 is 28.3 Å². The highest BCUT2D eigenvalue weighted by atomic mass is 32.1. The number of carboxylic acid groups (broad SMARTS) is 1. The van der Waals surface area contributed by atoms with Gasteiger partial charge in [0.2, 0.25) is 0 Å². The zero-order valence-electron chi connectivity index (χ0n) is 9.80. The Morgan fingerprint density at radius 3 is 2.94 bits per heavy atom. The maximum absolute atomic E-state index is 11.7. The van der Waals surface area contributed by atoms with Gasteiger partial charge in [-0.05, 0) is 24.8 Å². The van der Waals surface area contributed by atoms with Gasteiger partial charge < -0.3 is 15.2 Å². The molecule has 1 fully saturated rings. The summed E-state index contributed by atoms with van der Waals surface area (Å²) in [5, 5.41) is 16.2. The Labute approximate surface area is 108 Å². The third-order valence-corrected chi connectivity index (χ3v) is 3.65. The smallest absolute Gasteiger partial charge is 0.338 e. The van der Waals surface area contributed by atoms with Gasteiger partial charge in [-0.15, -0.1) is 11.3 Å². The molecular formula is C11H14N2O4S. The molecule has 2 heterocycles. The Hall–Kier alpha value is -1.60. The highest BCUT2D eigenvalue weighted by Gasteiger charge is 2.26. The second-order valence-corrected chi connectivity index (χ2v) is 4.95. The molecule has 2 atom stereocenters. The molecule has 0 radical (unpaired) electrons. The summed E-state index contributed by atoms with van der Waals surface area (Å²) in [6.07, 6.45) is 0.753. The predicted octanol–water partition coefficient (Wildman–Crippen LogP) is 1.75. The van der Waals surface area contributed by atoms with E-state index >= 15 is 0 Å². The van der Waals surface area contributed by atoms with Crippen molar-refractivity contribution in [2.75, 3.05) is 11.9 Å². The van der Waals surface area contributed by atoms with Gasteiger partial charge in [0, 0.05) is 6.61 Å². The summed E-state index contributed by atoms with van der Waals surface area (Å²) in [5.74, 6) is -1.05. The monoisotopic (exact) mass is 270 g/mol. The molecule has 6 nitrogen and oxygen atoms in total. The third kappa shape index (κ3) is 2.80. The minimum atomic E-state index is -1.05. The van der Waals surface area contributed by atoms with Crippen molar-refractivity contribution < 1.29 is 19.4 Å². The number of urea groups is 1. The quantitative estimate of drug-likeness (QED) is 0.780. The van der Waals surface area contributed by atoms with Crippen LogP contribution in [0, 0.1) is 0 Å². The average Bonchev–Trinajstić information content (AvgIpc) is 2.89. The summed E-state index contributed by atoms with van der Waals surface area (Å²) in [6, 6.07) is 1.03. The van der Waals surface area contributed by atoms with Crippen LogP contribution in [0.15, 0.2) is 11.4 Å². The van der Waals surface area contributed by atoms with Gasteiger partial charge in [0.1, 0.15) is 5.00 Å². The van der Waals surface area contributed by atoms with Crippen LogP contribution in [0.5, 0.6) is 0 Å². The summed E-state index contributed by atoms with van der Waals surface area (Å²) in [5.41, 5.74) is 0.103. The van der Waals surface area contributed by atoms with E-state index in [9.17, 15) is 9.59 Å². The molecule has 2 rings (SSSR count). The van der Waals surface area contributed by atoms with Gasteiger partial charge in [-0.3, -0.25) is 5.32 Å². The first-order chi connectivity index (χ1) is 8.58. The fraction of sp³-hybridized carbons (Fsp3) is 0.455. The Balaban J connectivity index is 1.94. The van der Waals surface area contributed by atoms with Crippen LogP contribution in [0.1, 0.15) is 23.7 Å². The van der Waals surface area contributed by atoms with Crippen molar-refractivity contribution in [1.82, 2.24) is 5.32 Å². The van der Waals surface area contributed by atoms with Crippen molar-refractivity contribution in [3.05, 3.63) is 17.0 Å². The normalized spacial score (nSPS) is 22.7. The number of ether oxygens (including phenoxy) is 1. The van der Waals surface area contributed by atoms with Gasteiger partial charge >= 0.3 is 12.0 Å². The van der Waals surface area contributed by atoms with Crippen LogP contribution in [0.2, 0.25) is 0 Å². The summed E-state index contributed by atoms with van der Waals surface area (Å²) >= 11 is 1.18. The standard InChI is InChI=1S/C11H14N2O4S/c1-6-8(2-4-17-6)12-11(16)13-9-7(10(14)15)3-5-18-9/h3,5-6,8H,2,4H2,1H3,(H,14,15)(H2,12,13,16). The number of hydrogen-bond donors (Lipinski definition) is 3. The van der Waals surface area contributed by atoms with Crippen molar-refractivity contribution in [2.24, 2.45) is 0 Å². The minimum absolute atomic E-state index is 0.0157. The zero-order valence-corrected chi connectivity index (χ0v) is 10.6. The second kappa shape index (κ2) is 5.36. The molecule has 2 unspecified atom stereocenters. The van der Waals surface area contributed by atoms with Crippen molar-refractivity contribution in [1.29, 1.82) is 0 Å². The summed E-state index contributed by atoms with van der Waals surface area (Å²) in [6.45, 7) is 2.53. The number of hydrogen-bond acceptors (Lipinski definition) is 4. The van der Waals surface area contributed by atoms with Gasteiger partial charge in [-0.25, -0.2) is 9.59 Å². The minimum Gasteiger partial charge on any atom is -0.478 e. The lowest BCUT2D eigenvalue weighted by Crippen LogP contribution is -2.41. The molecule has 1 aromatic heterocycles. The molecule has 98 valence electrons. The van der Waals surface area contributed by atoms with E-state index in [1.54, 1.807) is 5.38 Å². The lowest BCUT2D eigenvalue weighted by Gasteiger charge is -2.16. The number of thiophene rings is 1. The number of aromatic carboxylic acids is 1. The fourth-order valence-corrected chi connectivity index (χ4v) is 2.58. The SMILES string of the molecule is CC1OCCC1NC(=O)Nc1sccc1C(=O)O. The zero-order chi connectivity index (χ0) is 13.1. The van der Waals surface area contributed by atoms with Crippen LogP contribution in [-0.4, -0.2) is 35.9 Å². The molecular weight excluding hydrogens is 256 g/mol. The average molecular weight is 270 g/mol. The van der Waals surface area contributed by atoms with E-state index in [1.165, 1.54) is 17.4 Å². The van der Waals surface area contributed by atoms with E-state index in [2.05, 4.69) is 10.6 Å². The van der Waals surface area contributed by atoms with E-state index in [4.69, 9.17) is 9.84 Å². The van der Waals surface area contributed by atoms with Gasteiger partial charge in [0.25, 0.3) is 0 Å². The number of rotatable bonds is 3. The molecule has 0 bridgehead atoms. The lowest BCUT2D eigenvalue weighted by molar-refractivity contribution is 0.0698. The Morgan fingerprint density at radius 2 is 2.33 bits per heavy atom. The van der Waals surface area contributed by atoms with Crippen LogP contribution in [-0.2, 0) is 4.74 Å². The van der Waals surface area contributed by atoms with Crippen LogP contribution in [0.4, 0.5) is 9.80 Å². The molecule has 1 aliphatic heterocycles. The van der Waals surface area contributed by atoms with Crippen LogP contribution in [0.3, 0.4) is 0 Å². The molecule has 1 saturated heterocycles. The highest BCUT2D eigenvalue weighted by molar-refractivity contribution is 7.14. The second-order valence-electron chi connectivity index (χ2n) is 4.04. The third-order valence-electron chi connectivity index (χ3n) is 2.82. The molecule has 1 aromatic rings. The van der Waals surface area contributed by atoms with Crippen molar-refractivity contribution in [3.63, 3.8) is 0 Å². The molecule has 18 heavy (non-hydrogen) atoms. The number of carbonyl (C=O) groups is 2. The molecule has 0 spiro atoms.